The SMILES string of the molecule is Cc1cc(=O)[nH]c(SCCC2CCNCC2)n1. The molecule has 0 unspecified atom stereocenters. The van der Waals surface area contributed by atoms with Crippen LogP contribution < -0.4 is 10.9 Å². The number of piperidine rings is 1. The molecule has 2 heterocycles. The monoisotopic (exact) mass is 253 g/mol. The van der Waals surface area contributed by atoms with Crippen LogP contribution in [0.4, 0.5) is 0 Å². The van der Waals surface area contributed by atoms with Crippen LogP contribution in [0.3, 0.4) is 0 Å². The van der Waals surface area contributed by atoms with Crippen molar-refractivity contribution in [3.05, 3.63) is 22.1 Å². The molecule has 94 valence electrons. The maximum Gasteiger partial charge on any atom is 0.251 e. The second kappa shape index (κ2) is 6.21. The molecule has 5 heteroatoms. The van der Waals surface area contributed by atoms with Crippen molar-refractivity contribution in [1.29, 1.82) is 0 Å². The number of rotatable bonds is 4. The van der Waals surface area contributed by atoms with E-state index in [1.165, 1.54) is 25.3 Å². The number of H-pyrrole nitrogens is 1. The highest BCUT2D eigenvalue weighted by molar-refractivity contribution is 7.99. The average Bonchev–Trinajstić information content (AvgIpc) is 2.29. The number of nitrogens with zero attached hydrogens (tertiary/aromatic N) is 1. The molecule has 0 aromatic carbocycles. The summed E-state index contributed by atoms with van der Waals surface area (Å²) in [4.78, 5) is 18.3. The molecule has 1 aromatic rings. The molecule has 1 saturated heterocycles. The minimum atomic E-state index is -0.0538. The Morgan fingerprint density at radius 1 is 1.47 bits per heavy atom. The highest BCUT2D eigenvalue weighted by Crippen LogP contribution is 2.21. The molecule has 2 rings (SSSR count). The van der Waals surface area contributed by atoms with Gasteiger partial charge in [0.25, 0.3) is 5.56 Å². The first-order valence-electron chi connectivity index (χ1n) is 6.15. The lowest BCUT2D eigenvalue weighted by molar-refractivity contribution is 0.367. The van der Waals surface area contributed by atoms with Crippen LogP contribution in [0.25, 0.3) is 0 Å². The first kappa shape index (κ1) is 12.6. The number of hydrogen-bond donors (Lipinski definition) is 2. The Hall–Kier alpha value is -0.810. The zero-order valence-electron chi connectivity index (χ0n) is 10.2. The van der Waals surface area contributed by atoms with Gasteiger partial charge in [0.05, 0.1) is 0 Å². The van der Waals surface area contributed by atoms with Crippen molar-refractivity contribution in [2.45, 2.75) is 31.3 Å². The first-order chi connectivity index (χ1) is 8.24. The predicted octanol–water partition coefficient (Wildman–Crippen LogP) is 1.56. The van der Waals surface area contributed by atoms with E-state index in [2.05, 4.69) is 15.3 Å². The van der Waals surface area contributed by atoms with Crippen molar-refractivity contribution in [2.75, 3.05) is 18.8 Å². The number of aryl methyl sites for hydroxylation is 1. The van der Waals surface area contributed by atoms with Gasteiger partial charge in [-0.15, -0.1) is 0 Å². The third-order valence-corrected chi connectivity index (χ3v) is 3.98. The Morgan fingerprint density at radius 3 is 2.94 bits per heavy atom. The zero-order valence-corrected chi connectivity index (χ0v) is 11.0. The van der Waals surface area contributed by atoms with E-state index in [0.29, 0.717) is 0 Å². The third kappa shape index (κ3) is 4.16. The number of nitrogens with one attached hydrogen (secondary N) is 2. The number of thioether (sulfide) groups is 1. The molecule has 2 N–H and O–H groups in total. The van der Waals surface area contributed by atoms with Crippen LogP contribution in [0, 0.1) is 12.8 Å². The van der Waals surface area contributed by atoms with Crippen molar-refractivity contribution in [3.8, 4) is 0 Å². The number of aromatic amines is 1. The van der Waals surface area contributed by atoms with Gasteiger partial charge < -0.3 is 10.3 Å². The second-order valence-electron chi connectivity index (χ2n) is 4.52. The smallest absolute Gasteiger partial charge is 0.251 e. The predicted molar refractivity (Wildman–Crippen MR) is 70.5 cm³/mol. The molecule has 1 aliphatic heterocycles. The molecule has 0 spiro atoms. The minimum absolute atomic E-state index is 0.0538. The summed E-state index contributed by atoms with van der Waals surface area (Å²) in [6.45, 7) is 4.15. The van der Waals surface area contributed by atoms with Gasteiger partial charge in [0.1, 0.15) is 0 Å². The lowest BCUT2D eigenvalue weighted by Gasteiger charge is -2.21. The topological polar surface area (TPSA) is 57.8 Å². The zero-order chi connectivity index (χ0) is 12.1. The second-order valence-corrected chi connectivity index (χ2v) is 5.61. The van der Waals surface area contributed by atoms with Gasteiger partial charge >= 0.3 is 0 Å². The highest BCUT2D eigenvalue weighted by Gasteiger charge is 2.12. The fraction of sp³-hybridized carbons (Fsp3) is 0.667. The van der Waals surface area contributed by atoms with E-state index < -0.39 is 0 Å². The van der Waals surface area contributed by atoms with Gasteiger partial charge in [0, 0.05) is 17.5 Å². The van der Waals surface area contributed by atoms with Gasteiger partial charge in [-0.05, 0) is 45.2 Å². The Balaban J connectivity index is 1.79. The maximum atomic E-state index is 11.3. The summed E-state index contributed by atoms with van der Waals surface area (Å²) >= 11 is 1.66. The summed E-state index contributed by atoms with van der Waals surface area (Å²) in [7, 11) is 0. The summed E-state index contributed by atoms with van der Waals surface area (Å²) in [5, 5.41) is 4.12. The fourth-order valence-corrected chi connectivity index (χ4v) is 3.14. The van der Waals surface area contributed by atoms with Gasteiger partial charge in [0.2, 0.25) is 0 Å². The Kier molecular flexibility index (Phi) is 4.62. The van der Waals surface area contributed by atoms with Crippen molar-refractivity contribution in [1.82, 2.24) is 15.3 Å². The lowest BCUT2D eigenvalue weighted by Crippen LogP contribution is -2.27. The largest absolute Gasteiger partial charge is 0.317 e. The molecular formula is C12H19N3OS. The highest BCUT2D eigenvalue weighted by atomic mass is 32.2. The Labute approximate surface area is 106 Å². The van der Waals surface area contributed by atoms with E-state index in [1.807, 2.05) is 6.92 Å². The van der Waals surface area contributed by atoms with Crippen molar-refractivity contribution in [2.24, 2.45) is 5.92 Å². The number of aromatic nitrogens is 2. The van der Waals surface area contributed by atoms with Crippen LogP contribution in [0.15, 0.2) is 16.0 Å². The van der Waals surface area contributed by atoms with E-state index in [4.69, 9.17) is 0 Å². The van der Waals surface area contributed by atoms with Crippen LogP contribution in [0.2, 0.25) is 0 Å². The molecule has 0 saturated carbocycles. The van der Waals surface area contributed by atoms with E-state index in [9.17, 15) is 4.79 Å². The number of hydrogen-bond acceptors (Lipinski definition) is 4. The van der Waals surface area contributed by atoms with Crippen LogP contribution in [0.1, 0.15) is 25.0 Å². The molecule has 0 amide bonds. The van der Waals surface area contributed by atoms with Crippen molar-refractivity contribution in [3.63, 3.8) is 0 Å². The quantitative estimate of drug-likeness (QED) is 0.631. The van der Waals surface area contributed by atoms with Gasteiger partial charge in [-0.2, -0.15) is 0 Å². The van der Waals surface area contributed by atoms with Crippen LogP contribution in [0.5, 0.6) is 0 Å². The molecule has 0 atom stereocenters. The molecule has 0 bridgehead atoms. The van der Waals surface area contributed by atoms with E-state index >= 15 is 0 Å². The van der Waals surface area contributed by atoms with Gasteiger partial charge in [-0.1, -0.05) is 11.8 Å². The molecule has 4 nitrogen and oxygen atoms in total. The standard InChI is InChI=1S/C12H19N3OS/c1-9-8-11(16)15-12(14-9)17-7-4-10-2-5-13-6-3-10/h8,10,13H,2-7H2,1H3,(H,14,15,16). The molecular weight excluding hydrogens is 234 g/mol. The molecule has 1 aliphatic rings. The minimum Gasteiger partial charge on any atom is -0.317 e. The molecule has 1 aromatic heterocycles. The molecule has 0 radical (unpaired) electrons. The van der Waals surface area contributed by atoms with E-state index in [1.54, 1.807) is 11.8 Å². The van der Waals surface area contributed by atoms with Crippen LogP contribution in [-0.2, 0) is 0 Å². The Bertz CT molecular complexity index is 412. The Morgan fingerprint density at radius 2 is 2.24 bits per heavy atom. The normalized spacial score (nSPS) is 17.2. The summed E-state index contributed by atoms with van der Waals surface area (Å²) in [5.41, 5.74) is 0.736. The summed E-state index contributed by atoms with van der Waals surface area (Å²) in [6.07, 6.45) is 3.76. The molecule has 17 heavy (non-hydrogen) atoms. The van der Waals surface area contributed by atoms with Gasteiger partial charge in [0.15, 0.2) is 5.16 Å². The van der Waals surface area contributed by atoms with E-state index in [0.717, 1.165) is 35.6 Å². The third-order valence-electron chi connectivity index (χ3n) is 3.07. The summed E-state index contributed by atoms with van der Waals surface area (Å²) < 4.78 is 0. The van der Waals surface area contributed by atoms with Crippen molar-refractivity contribution >= 4 is 11.8 Å². The van der Waals surface area contributed by atoms with E-state index in [-0.39, 0.29) is 5.56 Å². The van der Waals surface area contributed by atoms with Crippen LogP contribution in [-0.4, -0.2) is 28.8 Å². The lowest BCUT2D eigenvalue weighted by atomic mass is 9.96. The van der Waals surface area contributed by atoms with Gasteiger partial charge in [-0.3, -0.25) is 4.79 Å². The summed E-state index contributed by atoms with van der Waals surface area (Å²) in [5.74, 6) is 1.87. The fourth-order valence-electron chi connectivity index (χ4n) is 2.11. The molecule has 0 aliphatic carbocycles. The summed E-state index contributed by atoms with van der Waals surface area (Å²) in [6, 6.07) is 1.52. The maximum absolute atomic E-state index is 11.3. The first-order valence-corrected chi connectivity index (χ1v) is 7.14. The van der Waals surface area contributed by atoms with Crippen LogP contribution >= 0.6 is 11.8 Å². The van der Waals surface area contributed by atoms with Crippen molar-refractivity contribution < 1.29 is 0 Å². The van der Waals surface area contributed by atoms with Gasteiger partial charge in [-0.25, -0.2) is 4.98 Å². The molecule has 1 fully saturated rings. The average molecular weight is 253 g/mol.